The summed E-state index contributed by atoms with van der Waals surface area (Å²) in [6.07, 6.45) is 27.9. The summed E-state index contributed by atoms with van der Waals surface area (Å²) in [6.45, 7) is 14.7. The second-order valence-corrected chi connectivity index (χ2v) is 9.25. The maximum Gasteiger partial charge on any atom is 0.331 e. The Morgan fingerprint density at radius 1 is 0.812 bits per heavy atom. The molecule has 0 aromatic heterocycles. The summed E-state index contributed by atoms with van der Waals surface area (Å²) in [4.78, 5) is 10.7. The fourth-order valence-corrected chi connectivity index (χ4v) is 3.57. The maximum absolute atomic E-state index is 10.7. The van der Waals surface area contributed by atoms with Gasteiger partial charge < -0.3 is 5.11 Å². The molecular weight excluding hydrogens is 392 g/mol. The molecule has 0 unspecified atom stereocenters. The third kappa shape index (κ3) is 10.4. The molecule has 0 bridgehead atoms. The second-order valence-electron chi connectivity index (χ2n) is 9.25. The number of aliphatic carboxylic acids is 1. The van der Waals surface area contributed by atoms with Crippen LogP contribution >= 0.6 is 0 Å². The Labute approximate surface area is 195 Å². The molecule has 0 saturated heterocycles. The average molecular weight is 433 g/mol. The Balaban J connectivity index is 2.65. The molecule has 0 aromatic carbocycles. The zero-order chi connectivity index (χ0) is 24.1. The number of allylic oxidation sites excluding steroid dienone is 17. The van der Waals surface area contributed by atoms with Crippen molar-refractivity contribution in [2.24, 2.45) is 5.41 Å². The Kier molecular flexibility index (Phi) is 11.5. The lowest BCUT2D eigenvalue weighted by Gasteiger charge is -2.32. The predicted octanol–water partition coefficient (Wildman–Crippen LogP) is 8.61. The van der Waals surface area contributed by atoms with E-state index in [4.69, 9.17) is 5.11 Å². The summed E-state index contributed by atoms with van der Waals surface area (Å²) in [5, 5.41) is 8.82. The molecule has 2 nitrogen and oxygen atoms in total. The van der Waals surface area contributed by atoms with Gasteiger partial charge in [0.25, 0.3) is 0 Å². The number of hydrogen-bond acceptors (Lipinski definition) is 1. The van der Waals surface area contributed by atoms with Gasteiger partial charge in [-0.1, -0.05) is 109 Å². The minimum absolute atomic E-state index is 0.275. The molecule has 2 heteroatoms. The zero-order valence-electron chi connectivity index (χ0n) is 20.9. The normalized spacial score (nSPS) is 19.3. The molecule has 0 radical (unpaired) electrons. The van der Waals surface area contributed by atoms with Gasteiger partial charge in [-0.15, -0.1) is 0 Å². The van der Waals surface area contributed by atoms with Crippen LogP contribution in [0.1, 0.15) is 67.7 Å². The molecule has 0 fully saturated rings. The highest BCUT2D eigenvalue weighted by atomic mass is 16.4. The lowest BCUT2D eigenvalue weighted by Crippen LogP contribution is -2.19. The van der Waals surface area contributed by atoms with Crippen LogP contribution in [0.25, 0.3) is 0 Å². The number of rotatable bonds is 9. The molecule has 0 aliphatic heterocycles. The second kappa shape index (κ2) is 13.5. The van der Waals surface area contributed by atoms with Gasteiger partial charge in [0.15, 0.2) is 0 Å². The molecular formula is C30H40O2. The minimum atomic E-state index is -0.897. The van der Waals surface area contributed by atoms with E-state index < -0.39 is 5.97 Å². The number of carbonyl (C=O) groups is 1. The molecule has 0 heterocycles. The summed E-state index contributed by atoms with van der Waals surface area (Å²) >= 11 is 0. The predicted molar refractivity (Wildman–Crippen MR) is 140 cm³/mol. The molecule has 0 atom stereocenters. The highest BCUT2D eigenvalue weighted by Crippen LogP contribution is 2.40. The first kappa shape index (κ1) is 27.2. The van der Waals surface area contributed by atoms with Crippen molar-refractivity contribution in [2.45, 2.75) is 67.7 Å². The van der Waals surface area contributed by atoms with E-state index in [2.05, 4.69) is 71.1 Å². The van der Waals surface area contributed by atoms with Crippen molar-refractivity contribution in [1.29, 1.82) is 0 Å². The van der Waals surface area contributed by atoms with Crippen LogP contribution in [-0.2, 0) is 4.79 Å². The van der Waals surface area contributed by atoms with Crippen LogP contribution in [0, 0.1) is 5.41 Å². The van der Waals surface area contributed by atoms with Gasteiger partial charge in [-0.3, -0.25) is 0 Å². The zero-order valence-corrected chi connectivity index (χ0v) is 20.9. The lowest BCUT2D eigenvalue weighted by atomic mass is 9.72. The first-order valence-electron chi connectivity index (χ1n) is 11.4. The molecule has 32 heavy (non-hydrogen) atoms. The fourth-order valence-electron chi connectivity index (χ4n) is 3.57. The number of carboxylic acids is 1. The highest BCUT2D eigenvalue weighted by Gasteiger charge is 2.26. The molecule has 1 aliphatic rings. The van der Waals surface area contributed by atoms with E-state index in [0.29, 0.717) is 5.57 Å². The van der Waals surface area contributed by atoms with Gasteiger partial charge in [-0.2, -0.15) is 0 Å². The van der Waals surface area contributed by atoms with E-state index in [-0.39, 0.29) is 5.41 Å². The molecule has 0 amide bonds. The van der Waals surface area contributed by atoms with Crippen molar-refractivity contribution in [3.8, 4) is 0 Å². The summed E-state index contributed by atoms with van der Waals surface area (Å²) in [6, 6.07) is 0. The van der Waals surface area contributed by atoms with Crippen LogP contribution < -0.4 is 0 Å². The SMILES string of the molecule is CC(C=CC=C(C)C=CC1=C(C)CCCC1(C)C)=CC=CC=C(C)/C=C/C=C(C)C(=O)O. The van der Waals surface area contributed by atoms with Crippen molar-refractivity contribution in [1.82, 2.24) is 0 Å². The summed E-state index contributed by atoms with van der Waals surface area (Å²) in [5.41, 5.74) is 7.07. The highest BCUT2D eigenvalue weighted by molar-refractivity contribution is 5.86. The maximum atomic E-state index is 10.7. The smallest absolute Gasteiger partial charge is 0.331 e. The van der Waals surface area contributed by atoms with E-state index in [1.54, 1.807) is 19.1 Å². The Hall–Kier alpha value is -2.87. The van der Waals surface area contributed by atoms with E-state index >= 15 is 0 Å². The van der Waals surface area contributed by atoms with Crippen LogP contribution in [0.5, 0.6) is 0 Å². The van der Waals surface area contributed by atoms with Gasteiger partial charge >= 0.3 is 5.97 Å². The summed E-state index contributed by atoms with van der Waals surface area (Å²) < 4.78 is 0. The van der Waals surface area contributed by atoms with Crippen molar-refractivity contribution in [3.05, 3.63) is 106 Å². The fraction of sp³-hybridized carbons (Fsp3) is 0.367. The first-order chi connectivity index (χ1) is 15.0. The summed E-state index contributed by atoms with van der Waals surface area (Å²) in [7, 11) is 0. The van der Waals surface area contributed by atoms with E-state index in [1.165, 1.54) is 41.6 Å². The van der Waals surface area contributed by atoms with Gasteiger partial charge in [0, 0.05) is 5.57 Å². The lowest BCUT2D eigenvalue weighted by molar-refractivity contribution is -0.132. The topological polar surface area (TPSA) is 37.3 Å². The van der Waals surface area contributed by atoms with Gasteiger partial charge in [0.05, 0.1) is 0 Å². The number of hydrogen-bond donors (Lipinski definition) is 1. The van der Waals surface area contributed by atoms with Crippen LogP contribution in [0.3, 0.4) is 0 Å². The van der Waals surface area contributed by atoms with E-state index in [9.17, 15) is 4.79 Å². The average Bonchev–Trinajstić information content (AvgIpc) is 2.70. The molecule has 1 aliphatic carbocycles. The third-order valence-electron chi connectivity index (χ3n) is 5.65. The van der Waals surface area contributed by atoms with Crippen LogP contribution in [-0.4, -0.2) is 11.1 Å². The Morgan fingerprint density at radius 3 is 1.84 bits per heavy atom. The van der Waals surface area contributed by atoms with Gasteiger partial charge in [0.1, 0.15) is 0 Å². The van der Waals surface area contributed by atoms with Gasteiger partial charge in [0.2, 0.25) is 0 Å². The summed E-state index contributed by atoms with van der Waals surface area (Å²) in [5.74, 6) is -0.897. The number of carboxylic acid groups (broad SMARTS) is 1. The van der Waals surface area contributed by atoms with Crippen molar-refractivity contribution >= 4 is 5.97 Å². The molecule has 0 spiro atoms. The Morgan fingerprint density at radius 2 is 1.31 bits per heavy atom. The van der Waals surface area contributed by atoms with Crippen molar-refractivity contribution in [3.63, 3.8) is 0 Å². The quantitative estimate of drug-likeness (QED) is 0.292. The molecule has 1 N–H and O–H groups in total. The van der Waals surface area contributed by atoms with Gasteiger partial charge in [-0.25, -0.2) is 4.79 Å². The molecule has 0 aromatic rings. The van der Waals surface area contributed by atoms with E-state index in [1.807, 2.05) is 31.2 Å². The standard InChI is InChI=1S/C30H40O2/c1-23(13-8-9-14-24(2)17-11-18-27(5)29(31)32)15-10-16-25(3)20-21-28-26(4)19-12-22-30(28,6)7/h8-11,13-18,20-21H,12,19,22H2,1-7H3,(H,31,32)/b9-8?,15-10?,17-11+,21-20?,23-13?,24-14?,25-16?,27-18?. The molecule has 172 valence electrons. The van der Waals surface area contributed by atoms with Crippen LogP contribution in [0.15, 0.2) is 106 Å². The van der Waals surface area contributed by atoms with Crippen LogP contribution in [0.2, 0.25) is 0 Å². The monoisotopic (exact) mass is 432 g/mol. The largest absolute Gasteiger partial charge is 0.478 e. The molecule has 0 saturated carbocycles. The van der Waals surface area contributed by atoms with Crippen molar-refractivity contribution in [2.75, 3.05) is 0 Å². The third-order valence-corrected chi connectivity index (χ3v) is 5.65. The minimum Gasteiger partial charge on any atom is -0.478 e. The van der Waals surface area contributed by atoms with Gasteiger partial charge in [-0.05, 0) is 64.9 Å². The van der Waals surface area contributed by atoms with Crippen molar-refractivity contribution < 1.29 is 9.90 Å². The first-order valence-corrected chi connectivity index (χ1v) is 11.4. The van der Waals surface area contributed by atoms with E-state index in [0.717, 1.165) is 5.57 Å². The van der Waals surface area contributed by atoms with Crippen LogP contribution in [0.4, 0.5) is 0 Å². The molecule has 1 rings (SSSR count). The Bertz CT molecular complexity index is 935.